The van der Waals surface area contributed by atoms with Crippen LogP contribution in [0.3, 0.4) is 0 Å². The maximum Gasteiger partial charge on any atom is 0.0462 e. The Kier molecular flexibility index (Phi) is 6.20. The maximum atomic E-state index is 5.03. The molecule has 0 aromatic carbocycles. The molecule has 1 rings (SSSR count). The Labute approximate surface area is 88.4 Å². The molecule has 1 aliphatic rings. The Morgan fingerprint density at radius 2 is 2.00 bits per heavy atom. The van der Waals surface area contributed by atoms with Crippen LogP contribution >= 0.6 is 0 Å². The van der Waals surface area contributed by atoms with Gasteiger partial charge in [-0.15, -0.1) is 0 Å². The van der Waals surface area contributed by atoms with Gasteiger partial charge in [0, 0.05) is 19.8 Å². The van der Waals surface area contributed by atoms with E-state index in [9.17, 15) is 0 Å². The first-order valence-corrected chi connectivity index (χ1v) is 6.07. The van der Waals surface area contributed by atoms with Crippen molar-refractivity contribution in [2.24, 2.45) is 5.92 Å². The first kappa shape index (κ1) is 12.0. The van der Waals surface area contributed by atoms with Gasteiger partial charge in [0.05, 0.1) is 0 Å². The van der Waals surface area contributed by atoms with Crippen molar-refractivity contribution < 1.29 is 4.74 Å². The predicted molar refractivity (Wildman–Crippen MR) is 60.5 cm³/mol. The Hall–Kier alpha value is -0.0800. The Morgan fingerprint density at radius 1 is 1.21 bits per heavy atom. The van der Waals surface area contributed by atoms with Crippen LogP contribution in [-0.2, 0) is 4.74 Å². The minimum atomic E-state index is 0.784. The summed E-state index contributed by atoms with van der Waals surface area (Å²) in [6.07, 6.45) is 8.08. The number of methoxy groups -OCH3 is 1. The van der Waals surface area contributed by atoms with Crippen LogP contribution in [0.5, 0.6) is 0 Å². The molecule has 0 heterocycles. The molecule has 0 unspecified atom stereocenters. The molecule has 1 saturated carbocycles. The lowest BCUT2D eigenvalue weighted by Crippen LogP contribution is -2.37. The molecule has 2 heteroatoms. The third-order valence-corrected chi connectivity index (χ3v) is 3.29. The second-order valence-corrected chi connectivity index (χ2v) is 4.52. The highest BCUT2D eigenvalue weighted by Crippen LogP contribution is 2.23. The molecule has 0 aliphatic heterocycles. The van der Waals surface area contributed by atoms with Gasteiger partial charge < -0.3 is 10.1 Å². The molecule has 1 aliphatic carbocycles. The monoisotopic (exact) mass is 199 g/mol. The van der Waals surface area contributed by atoms with E-state index in [0.29, 0.717) is 0 Å². The number of hydrogen-bond acceptors (Lipinski definition) is 2. The standard InChI is InChI=1S/C12H25NO/c1-11-7-3-4-8-12(11)13-9-5-6-10-14-2/h11-13H,3-10H2,1-2H3/t11-,12-/m0/s1. The molecule has 84 valence electrons. The summed E-state index contributed by atoms with van der Waals surface area (Å²) in [7, 11) is 1.77. The van der Waals surface area contributed by atoms with Crippen LogP contribution in [0.1, 0.15) is 45.4 Å². The molecular formula is C12H25NO. The van der Waals surface area contributed by atoms with E-state index in [-0.39, 0.29) is 0 Å². The zero-order chi connectivity index (χ0) is 10.2. The molecule has 2 atom stereocenters. The van der Waals surface area contributed by atoms with Gasteiger partial charge in [0.25, 0.3) is 0 Å². The van der Waals surface area contributed by atoms with Crippen LogP contribution in [0.4, 0.5) is 0 Å². The largest absolute Gasteiger partial charge is 0.385 e. The van der Waals surface area contributed by atoms with E-state index in [1.165, 1.54) is 45.1 Å². The summed E-state index contributed by atoms with van der Waals surface area (Å²) in [6, 6.07) is 0.784. The van der Waals surface area contributed by atoms with Crippen molar-refractivity contribution in [2.75, 3.05) is 20.3 Å². The molecular weight excluding hydrogens is 174 g/mol. The highest BCUT2D eigenvalue weighted by atomic mass is 16.5. The summed E-state index contributed by atoms with van der Waals surface area (Å²) >= 11 is 0. The highest BCUT2D eigenvalue weighted by Gasteiger charge is 2.19. The summed E-state index contributed by atoms with van der Waals surface area (Å²) in [4.78, 5) is 0. The second kappa shape index (κ2) is 7.24. The summed E-state index contributed by atoms with van der Waals surface area (Å²) < 4.78 is 5.03. The third kappa shape index (κ3) is 4.43. The van der Waals surface area contributed by atoms with E-state index < -0.39 is 0 Å². The lowest BCUT2D eigenvalue weighted by Gasteiger charge is -2.29. The molecule has 0 spiro atoms. The van der Waals surface area contributed by atoms with E-state index >= 15 is 0 Å². The molecule has 0 bridgehead atoms. The molecule has 0 aromatic rings. The van der Waals surface area contributed by atoms with Gasteiger partial charge >= 0.3 is 0 Å². The van der Waals surface area contributed by atoms with E-state index in [4.69, 9.17) is 4.74 Å². The van der Waals surface area contributed by atoms with Gasteiger partial charge in [-0.25, -0.2) is 0 Å². The van der Waals surface area contributed by atoms with Gasteiger partial charge in [0.1, 0.15) is 0 Å². The quantitative estimate of drug-likeness (QED) is 0.664. The first-order valence-electron chi connectivity index (χ1n) is 6.07. The van der Waals surface area contributed by atoms with Crippen molar-refractivity contribution >= 4 is 0 Å². The van der Waals surface area contributed by atoms with Crippen molar-refractivity contribution in [2.45, 2.75) is 51.5 Å². The lowest BCUT2D eigenvalue weighted by molar-refractivity contribution is 0.191. The minimum absolute atomic E-state index is 0.784. The zero-order valence-corrected chi connectivity index (χ0v) is 9.72. The summed E-state index contributed by atoms with van der Waals surface area (Å²) in [6.45, 7) is 4.45. The topological polar surface area (TPSA) is 21.3 Å². The smallest absolute Gasteiger partial charge is 0.0462 e. The van der Waals surface area contributed by atoms with Crippen LogP contribution in [0, 0.1) is 5.92 Å². The molecule has 2 nitrogen and oxygen atoms in total. The fourth-order valence-corrected chi connectivity index (χ4v) is 2.28. The van der Waals surface area contributed by atoms with Gasteiger partial charge in [0.15, 0.2) is 0 Å². The predicted octanol–water partition coefficient (Wildman–Crippen LogP) is 2.58. The molecule has 1 fully saturated rings. The molecule has 14 heavy (non-hydrogen) atoms. The average Bonchev–Trinajstić information content (AvgIpc) is 2.20. The summed E-state index contributed by atoms with van der Waals surface area (Å²) in [5.74, 6) is 0.881. The van der Waals surface area contributed by atoms with Crippen LogP contribution in [-0.4, -0.2) is 26.3 Å². The number of nitrogens with one attached hydrogen (secondary N) is 1. The van der Waals surface area contributed by atoms with Gasteiger partial charge in [-0.3, -0.25) is 0 Å². The minimum Gasteiger partial charge on any atom is -0.385 e. The second-order valence-electron chi connectivity index (χ2n) is 4.52. The molecule has 0 aromatic heterocycles. The fraction of sp³-hybridized carbons (Fsp3) is 1.00. The van der Waals surface area contributed by atoms with Crippen LogP contribution in [0.2, 0.25) is 0 Å². The molecule has 0 saturated heterocycles. The van der Waals surface area contributed by atoms with Crippen molar-refractivity contribution in [1.82, 2.24) is 5.32 Å². The van der Waals surface area contributed by atoms with Gasteiger partial charge in [-0.05, 0) is 38.1 Å². The van der Waals surface area contributed by atoms with Crippen LogP contribution in [0.15, 0.2) is 0 Å². The zero-order valence-electron chi connectivity index (χ0n) is 9.72. The average molecular weight is 199 g/mol. The van der Waals surface area contributed by atoms with Crippen molar-refractivity contribution in [3.8, 4) is 0 Å². The van der Waals surface area contributed by atoms with Gasteiger partial charge in [-0.2, -0.15) is 0 Å². The van der Waals surface area contributed by atoms with Crippen molar-refractivity contribution in [3.05, 3.63) is 0 Å². The highest BCUT2D eigenvalue weighted by molar-refractivity contribution is 4.77. The van der Waals surface area contributed by atoms with E-state index in [2.05, 4.69) is 12.2 Å². The summed E-state index contributed by atoms with van der Waals surface area (Å²) in [5.41, 5.74) is 0. The van der Waals surface area contributed by atoms with Gasteiger partial charge in [-0.1, -0.05) is 19.8 Å². The molecule has 0 radical (unpaired) electrons. The molecule has 0 amide bonds. The Bertz CT molecular complexity index is 138. The number of rotatable bonds is 6. The fourth-order valence-electron chi connectivity index (χ4n) is 2.28. The Balaban J connectivity index is 1.99. The summed E-state index contributed by atoms with van der Waals surface area (Å²) in [5, 5.41) is 3.67. The van der Waals surface area contributed by atoms with Crippen molar-refractivity contribution in [3.63, 3.8) is 0 Å². The van der Waals surface area contributed by atoms with E-state index in [0.717, 1.165) is 18.6 Å². The normalized spacial score (nSPS) is 27.9. The van der Waals surface area contributed by atoms with Crippen molar-refractivity contribution in [1.29, 1.82) is 0 Å². The number of ether oxygens (including phenoxy) is 1. The Morgan fingerprint density at radius 3 is 2.71 bits per heavy atom. The molecule has 1 N–H and O–H groups in total. The van der Waals surface area contributed by atoms with Crippen LogP contribution < -0.4 is 5.32 Å². The maximum absolute atomic E-state index is 5.03. The van der Waals surface area contributed by atoms with Crippen LogP contribution in [0.25, 0.3) is 0 Å². The SMILES string of the molecule is COCCCCN[C@H]1CCCC[C@@H]1C. The first-order chi connectivity index (χ1) is 6.84. The lowest BCUT2D eigenvalue weighted by atomic mass is 9.86. The third-order valence-electron chi connectivity index (χ3n) is 3.29. The number of unbranched alkanes of at least 4 members (excludes halogenated alkanes) is 1. The van der Waals surface area contributed by atoms with E-state index in [1.807, 2.05) is 0 Å². The number of hydrogen-bond donors (Lipinski definition) is 1. The van der Waals surface area contributed by atoms with Gasteiger partial charge in [0.2, 0.25) is 0 Å². The van der Waals surface area contributed by atoms with E-state index in [1.54, 1.807) is 7.11 Å².